The molecule has 2 aliphatic carbocycles. The summed E-state index contributed by atoms with van der Waals surface area (Å²) in [5.74, 6) is 0.476. The van der Waals surface area contributed by atoms with Crippen molar-refractivity contribution in [1.29, 1.82) is 0 Å². The number of aromatic hydroxyl groups is 1. The highest BCUT2D eigenvalue weighted by Gasteiger charge is 2.68. The number of hydrogen-bond donors (Lipinski definition) is 3. The molecule has 8 heteroatoms. The number of aliphatic hydroxyl groups excluding tert-OH is 2. The lowest BCUT2D eigenvalue weighted by Gasteiger charge is -2.64. The lowest BCUT2D eigenvalue weighted by molar-refractivity contribution is -0.240. The fraction of sp³-hybridized carbons (Fsp3) is 0.714. The van der Waals surface area contributed by atoms with Crippen LogP contribution in [0.5, 0.6) is 11.5 Å². The third-order valence-corrected chi connectivity index (χ3v) is 10.2. The largest absolute Gasteiger partial charge is 0.508 e. The average Bonchev–Trinajstić information content (AvgIpc) is 3.37. The molecule has 0 aromatic heterocycles. The Morgan fingerprint density at radius 1 is 1.22 bits per heavy atom. The number of benzene rings is 1. The first-order valence-electron chi connectivity index (χ1n) is 13.2. The van der Waals surface area contributed by atoms with E-state index in [1.54, 1.807) is 11.0 Å². The third-order valence-electron chi connectivity index (χ3n) is 10.2. The predicted molar refractivity (Wildman–Crippen MR) is 132 cm³/mol. The summed E-state index contributed by atoms with van der Waals surface area (Å²) in [4.78, 5) is 26.4. The van der Waals surface area contributed by atoms with E-state index in [0.29, 0.717) is 43.7 Å². The molecule has 5 rings (SSSR count). The molecule has 198 valence electrons. The van der Waals surface area contributed by atoms with Crippen LogP contribution in [0.4, 0.5) is 0 Å². The Balaban J connectivity index is 1.50. The lowest BCUT2D eigenvalue weighted by atomic mass is 9.43. The number of phenols is 1. The van der Waals surface area contributed by atoms with E-state index in [0.717, 1.165) is 24.0 Å². The number of esters is 1. The van der Waals surface area contributed by atoms with Gasteiger partial charge in [0.1, 0.15) is 17.1 Å². The zero-order valence-electron chi connectivity index (χ0n) is 22.0. The van der Waals surface area contributed by atoms with Crippen molar-refractivity contribution in [2.24, 2.45) is 22.7 Å². The van der Waals surface area contributed by atoms with Crippen LogP contribution in [0.25, 0.3) is 0 Å². The molecule has 1 aromatic carbocycles. The first kappa shape index (κ1) is 25.3. The maximum absolute atomic E-state index is 13.2. The van der Waals surface area contributed by atoms with Gasteiger partial charge in [-0.1, -0.05) is 27.7 Å². The van der Waals surface area contributed by atoms with Crippen LogP contribution in [0, 0.1) is 22.7 Å². The Bertz CT molecular complexity index is 1100. The van der Waals surface area contributed by atoms with E-state index in [9.17, 15) is 24.9 Å². The minimum atomic E-state index is -0.859. The Hall–Kier alpha value is -2.32. The van der Waals surface area contributed by atoms with Gasteiger partial charge in [-0.15, -0.1) is 0 Å². The van der Waals surface area contributed by atoms with E-state index in [4.69, 9.17) is 9.47 Å². The molecule has 1 aromatic rings. The number of carbonyl (C=O) groups is 2. The molecule has 2 heterocycles. The average molecular weight is 502 g/mol. The van der Waals surface area contributed by atoms with Crippen molar-refractivity contribution < 1.29 is 34.4 Å². The number of hydrogen-bond acceptors (Lipinski definition) is 7. The number of fused-ring (bicyclic) bond motifs is 5. The van der Waals surface area contributed by atoms with Gasteiger partial charge in [-0.25, -0.2) is 0 Å². The highest BCUT2D eigenvalue weighted by molar-refractivity contribution is 6.00. The van der Waals surface area contributed by atoms with Gasteiger partial charge < -0.3 is 29.7 Å². The third kappa shape index (κ3) is 3.33. The highest BCUT2D eigenvalue weighted by atomic mass is 16.5. The van der Waals surface area contributed by atoms with Gasteiger partial charge in [0.05, 0.1) is 31.4 Å². The highest BCUT2D eigenvalue weighted by Crippen LogP contribution is 2.67. The van der Waals surface area contributed by atoms with Crippen LogP contribution in [0.1, 0.15) is 81.3 Å². The van der Waals surface area contributed by atoms with Gasteiger partial charge in [-0.2, -0.15) is 0 Å². The van der Waals surface area contributed by atoms with Crippen molar-refractivity contribution >= 4 is 11.9 Å². The van der Waals surface area contributed by atoms with Gasteiger partial charge in [0, 0.05) is 35.9 Å². The Morgan fingerprint density at radius 2 is 1.94 bits per heavy atom. The minimum Gasteiger partial charge on any atom is -0.508 e. The van der Waals surface area contributed by atoms with Crippen LogP contribution in [-0.4, -0.2) is 63.6 Å². The topological polar surface area (TPSA) is 117 Å². The molecule has 2 saturated carbocycles. The smallest absolute Gasteiger partial charge is 0.305 e. The molecular weight excluding hydrogens is 462 g/mol. The summed E-state index contributed by atoms with van der Waals surface area (Å²) < 4.78 is 11.7. The molecule has 3 N–H and O–H groups in total. The quantitative estimate of drug-likeness (QED) is 0.543. The number of carbonyl (C=O) groups excluding carboxylic acids is 2. The van der Waals surface area contributed by atoms with Crippen LogP contribution in [0.15, 0.2) is 6.07 Å². The van der Waals surface area contributed by atoms with Gasteiger partial charge in [-0.3, -0.25) is 9.59 Å². The molecule has 1 amide bonds. The van der Waals surface area contributed by atoms with E-state index >= 15 is 0 Å². The second-order valence-corrected chi connectivity index (χ2v) is 12.3. The maximum atomic E-state index is 13.2. The van der Waals surface area contributed by atoms with E-state index in [1.165, 1.54) is 7.11 Å². The number of phenolic OH excluding ortho intramolecular Hbond substituents is 1. The molecule has 2 aliphatic heterocycles. The molecule has 0 saturated heterocycles. The second kappa shape index (κ2) is 8.35. The SMILES string of the molecule is COC(=O)CCCN1Cc2c(cc(O)c3c2OC2(C3)C(C)CCC3C(C)(C)C(O)C(O)CC32C)C1=O. The van der Waals surface area contributed by atoms with Gasteiger partial charge in [-0.05, 0) is 49.0 Å². The Labute approximate surface area is 212 Å². The van der Waals surface area contributed by atoms with Crippen LogP contribution < -0.4 is 4.74 Å². The summed E-state index contributed by atoms with van der Waals surface area (Å²) in [6.45, 7) is 9.22. The zero-order valence-corrected chi connectivity index (χ0v) is 22.0. The molecular formula is C28H39NO7. The second-order valence-electron chi connectivity index (χ2n) is 12.3. The van der Waals surface area contributed by atoms with Crippen LogP contribution in [-0.2, 0) is 22.5 Å². The van der Waals surface area contributed by atoms with E-state index < -0.39 is 28.6 Å². The molecule has 0 radical (unpaired) electrons. The van der Waals surface area contributed by atoms with Crippen molar-refractivity contribution in [2.75, 3.05) is 13.7 Å². The molecule has 0 bridgehead atoms. The molecule has 1 spiro atoms. The summed E-state index contributed by atoms with van der Waals surface area (Å²) in [6.07, 6.45) is 1.85. The summed E-state index contributed by atoms with van der Waals surface area (Å²) in [5.41, 5.74) is 0.375. The van der Waals surface area contributed by atoms with Gasteiger partial charge >= 0.3 is 5.97 Å². The van der Waals surface area contributed by atoms with Crippen LogP contribution in [0.2, 0.25) is 0 Å². The number of methoxy groups -OCH3 is 1. The standard InChI is InChI=1S/C28H39NO7/c1-15-8-9-21-26(2,3)24(33)20(31)13-27(21,4)28(15)12-17-19(30)11-16-18(23(17)36-28)14-29(25(16)34)10-6-7-22(32)35-5/h11,15,20-21,24,30-31,33H,6-10,12-14H2,1-5H3. The van der Waals surface area contributed by atoms with E-state index in [1.807, 2.05) is 13.8 Å². The number of ether oxygens (including phenoxy) is 2. The van der Waals surface area contributed by atoms with Gasteiger partial charge in [0.2, 0.25) is 0 Å². The minimum absolute atomic E-state index is 0.0685. The molecule has 6 atom stereocenters. The molecule has 6 unspecified atom stereocenters. The number of amides is 1. The fourth-order valence-corrected chi connectivity index (χ4v) is 8.16. The van der Waals surface area contributed by atoms with Crippen molar-refractivity contribution in [3.63, 3.8) is 0 Å². The van der Waals surface area contributed by atoms with E-state index in [2.05, 4.69) is 13.8 Å². The van der Waals surface area contributed by atoms with E-state index in [-0.39, 0.29) is 35.9 Å². The van der Waals surface area contributed by atoms with Crippen molar-refractivity contribution in [1.82, 2.24) is 4.90 Å². The molecule has 8 nitrogen and oxygen atoms in total. The molecule has 4 aliphatic rings. The monoisotopic (exact) mass is 501 g/mol. The van der Waals surface area contributed by atoms with Gasteiger partial charge in [0.25, 0.3) is 5.91 Å². The normalized spacial score (nSPS) is 36.3. The Morgan fingerprint density at radius 3 is 2.64 bits per heavy atom. The van der Waals surface area contributed by atoms with Crippen molar-refractivity contribution in [3.05, 3.63) is 22.8 Å². The number of aliphatic hydroxyl groups is 2. The predicted octanol–water partition coefficient (Wildman–Crippen LogP) is 3.18. The number of rotatable bonds is 4. The van der Waals surface area contributed by atoms with Crippen molar-refractivity contribution in [3.8, 4) is 11.5 Å². The summed E-state index contributed by atoms with van der Waals surface area (Å²) >= 11 is 0. The first-order chi connectivity index (χ1) is 16.9. The summed E-state index contributed by atoms with van der Waals surface area (Å²) in [5, 5.41) is 32.9. The zero-order chi connectivity index (χ0) is 26.2. The fourth-order valence-electron chi connectivity index (χ4n) is 8.16. The summed E-state index contributed by atoms with van der Waals surface area (Å²) in [7, 11) is 1.35. The van der Waals surface area contributed by atoms with Crippen LogP contribution >= 0.6 is 0 Å². The molecule has 2 fully saturated rings. The van der Waals surface area contributed by atoms with Crippen LogP contribution in [0.3, 0.4) is 0 Å². The van der Waals surface area contributed by atoms with Crippen molar-refractivity contribution in [2.45, 2.75) is 90.6 Å². The number of nitrogens with zero attached hydrogens (tertiary/aromatic N) is 1. The van der Waals surface area contributed by atoms with Gasteiger partial charge in [0.15, 0.2) is 0 Å². The molecule has 36 heavy (non-hydrogen) atoms. The Kier molecular flexibility index (Phi) is 5.87. The summed E-state index contributed by atoms with van der Waals surface area (Å²) in [6, 6.07) is 1.57. The first-order valence-corrected chi connectivity index (χ1v) is 13.2. The lowest BCUT2D eigenvalue weighted by Crippen LogP contribution is -2.69. The maximum Gasteiger partial charge on any atom is 0.305 e.